The van der Waals surface area contributed by atoms with Crippen molar-refractivity contribution in [3.05, 3.63) is 34.3 Å². The van der Waals surface area contributed by atoms with E-state index >= 15 is 0 Å². The Labute approximate surface area is 93.7 Å². The molecule has 0 radical (unpaired) electrons. The number of benzene rings is 1. The molecule has 1 aromatic rings. The highest BCUT2D eigenvalue weighted by Gasteiger charge is 2.06. The van der Waals surface area contributed by atoms with Gasteiger partial charge in [0.15, 0.2) is 0 Å². The van der Waals surface area contributed by atoms with Gasteiger partial charge in [0, 0.05) is 10.9 Å². The van der Waals surface area contributed by atoms with E-state index in [1.165, 1.54) is 5.56 Å². The van der Waals surface area contributed by atoms with E-state index in [2.05, 4.69) is 35.0 Å². The number of rotatable bonds is 4. The van der Waals surface area contributed by atoms with Crippen LogP contribution in [0.4, 0.5) is 0 Å². The van der Waals surface area contributed by atoms with E-state index in [-0.39, 0.29) is 5.78 Å². The Morgan fingerprint density at radius 2 is 2.21 bits per heavy atom. The number of ketones is 1. The summed E-state index contributed by atoms with van der Waals surface area (Å²) in [5, 5.41) is 0. The summed E-state index contributed by atoms with van der Waals surface area (Å²) in [5.41, 5.74) is 1.29. The van der Waals surface area contributed by atoms with E-state index in [4.69, 9.17) is 0 Å². The lowest BCUT2D eigenvalue weighted by molar-refractivity contribution is -0.117. The van der Waals surface area contributed by atoms with Crippen LogP contribution in [0.1, 0.15) is 25.8 Å². The highest BCUT2D eigenvalue weighted by Crippen LogP contribution is 2.16. The first kappa shape index (κ1) is 11.4. The summed E-state index contributed by atoms with van der Waals surface area (Å²) >= 11 is 3.44. The minimum atomic E-state index is 0.271. The number of hydrogen-bond acceptors (Lipinski definition) is 1. The third-order valence-corrected chi connectivity index (χ3v) is 2.60. The van der Waals surface area contributed by atoms with Crippen LogP contribution in [-0.4, -0.2) is 5.78 Å². The first-order valence-corrected chi connectivity index (χ1v) is 5.61. The largest absolute Gasteiger partial charge is 0.300 e. The van der Waals surface area contributed by atoms with Gasteiger partial charge in [0.05, 0.1) is 0 Å². The third-order valence-electron chi connectivity index (χ3n) is 2.11. The van der Waals surface area contributed by atoms with Gasteiger partial charge in [-0.15, -0.1) is 0 Å². The second kappa shape index (κ2) is 5.30. The summed E-state index contributed by atoms with van der Waals surface area (Å²) in [4.78, 5) is 10.9. The molecule has 76 valence electrons. The normalized spacial score (nSPS) is 12.5. The molecule has 1 aromatic carbocycles. The lowest BCUT2D eigenvalue weighted by atomic mass is 9.97. The molecule has 1 atom stereocenters. The average molecular weight is 255 g/mol. The van der Waals surface area contributed by atoms with Gasteiger partial charge in [-0.2, -0.15) is 0 Å². The van der Waals surface area contributed by atoms with Gasteiger partial charge >= 0.3 is 0 Å². The van der Waals surface area contributed by atoms with Crippen LogP contribution in [-0.2, 0) is 11.2 Å². The van der Waals surface area contributed by atoms with Crippen molar-refractivity contribution in [1.82, 2.24) is 0 Å². The zero-order chi connectivity index (χ0) is 10.6. The Balaban J connectivity index is 2.55. The number of hydrogen-bond donors (Lipinski definition) is 0. The molecule has 0 N–H and O–H groups in total. The third kappa shape index (κ3) is 4.05. The zero-order valence-electron chi connectivity index (χ0n) is 8.59. The number of halogens is 1. The van der Waals surface area contributed by atoms with Crippen LogP contribution >= 0.6 is 15.9 Å². The highest BCUT2D eigenvalue weighted by molar-refractivity contribution is 9.10. The Bertz CT molecular complexity index is 320. The van der Waals surface area contributed by atoms with E-state index in [0.29, 0.717) is 12.3 Å². The number of Topliss-reactive ketones (excluding diaryl/α,β-unsaturated/α-hetero) is 1. The van der Waals surface area contributed by atoms with Crippen molar-refractivity contribution in [3.63, 3.8) is 0 Å². The monoisotopic (exact) mass is 254 g/mol. The Kier molecular flexibility index (Phi) is 4.33. The van der Waals surface area contributed by atoms with Gasteiger partial charge in [-0.05, 0) is 37.0 Å². The van der Waals surface area contributed by atoms with Gasteiger partial charge in [0.25, 0.3) is 0 Å². The van der Waals surface area contributed by atoms with Crippen LogP contribution in [0.15, 0.2) is 28.7 Å². The highest BCUT2D eigenvalue weighted by atomic mass is 79.9. The predicted molar refractivity (Wildman–Crippen MR) is 62.3 cm³/mol. The fourth-order valence-electron chi connectivity index (χ4n) is 1.63. The van der Waals surface area contributed by atoms with Gasteiger partial charge in [-0.3, -0.25) is 0 Å². The summed E-state index contributed by atoms with van der Waals surface area (Å²) in [6, 6.07) is 8.25. The Morgan fingerprint density at radius 1 is 1.50 bits per heavy atom. The van der Waals surface area contributed by atoms with Crippen LogP contribution in [0, 0.1) is 5.92 Å². The van der Waals surface area contributed by atoms with Gasteiger partial charge in [-0.1, -0.05) is 35.0 Å². The molecule has 0 amide bonds. The molecule has 0 saturated carbocycles. The van der Waals surface area contributed by atoms with Crippen molar-refractivity contribution in [3.8, 4) is 0 Å². The molecule has 1 unspecified atom stereocenters. The van der Waals surface area contributed by atoms with Gasteiger partial charge in [0.1, 0.15) is 5.78 Å². The van der Waals surface area contributed by atoms with Crippen molar-refractivity contribution >= 4 is 21.7 Å². The van der Waals surface area contributed by atoms with Crippen molar-refractivity contribution < 1.29 is 4.79 Å². The lowest BCUT2D eigenvalue weighted by Gasteiger charge is -2.09. The topological polar surface area (TPSA) is 17.1 Å². The molecule has 0 spiro atoms. The summed E-state index contributed by atoms with van der Waals surface area (Å²) in [6.07, 6.45) is 1.64. The first-order chi connectivity index (χ1) is 6.58. The van der Waals surface area contributed by atoms with E-state index in [0.717, 1.165) is 10.9 Å². The van der Waals surface area contributed by atoms with Crippen LogP contribution in [0.5, 0.6) is 0 Å². The molecule has 0 fully saturated rings. The van der Waals surface area contributed by atoms with Crippen LogP contribution < -0.4 is 0 Å². The molecule has 0 aliphatic rings. The second-order valence-electron chi connectivity index (χ2n) is 3.85. The zero-order valence-corrected chi connectivity index (χ0v) is 10.2. The molecule has 0 saturated heterocycles. The summed E-state index contributed by atoms with van der Waals surface area (Å²) in [6.45, 7) is 3.76. The summed E-state index contributed by atoms with van der Waals surface area (Å²) in [7, 11) is 0. The van der Waals surface area contributed by atoms with Crippen LogP contribution in [0.25, 0.3) is 0 Å². The number of carbonyl (C=O) groups is 1. The maximum Gasteiger partial charge on any atom is 0.130 e. The number of carbonyl (C=O) groups excluding carboxylic acids is 1. The maximum absolute atomic E-state index is 10.9. The molecular formula is C12H15BrO. The quantitative estimate of drug-likeness (QED) is 0.803. The molecule has 2 heteroatoms. The van der Waals surface area contributed by atoms with E-state index in [1.54, 1.807) is 6.92 Å². The Hall–Kier alpha value is -0.630. The summed E-state index contributed by atoms with van der Waals surface area (Å²) < 4.78 is 1.10. The van der Waals surface area contributed by atoms with Crippen molar-refractivity contribution in [1.29, 1.82) is 0 Å². The molecule has 0 aromatic heterocycles. The molecule has 0 aliphatic heterocycles. The molecule has 0 heterocycles. The minimum absolute atomic E-state index is 0.271. The lowest BCUT2D eigenvalue weighted by Crippen LogP contribution is -2.04. The van der Waals surface area contributed by atoms with Gasteiger partial charge < -0.3 is 4.79 Å². The SMILES string of the molecule is CC(=O)CC(C)Cc1cccc(Br)c1. The minimum Gasteiger partial charge on any atom is -0.300 e. The van der Waals surface area contributed by atoms with Gasteiger partial charge in [-0.25, -0.2) is 0 Å². The Morgan fingerprint density at radius 3 is 2.79 bits per heavy atom. The van der Waals surface area contributed by atoms with Crippen LogP contribution in [0.3, 0.4) is 0 Å². The summed E-state index contributed by atoms with van der Waals surface area (Å²) in [5.74, 6) is 0.703. The molecule has 0 bridgehead atoms. The molecule has 14 heavy (non-hydrogen) atoms. The van der Waals surface area contributed by atoms with Crippen molar-refractivity contribution in [2.75, 3.05) is 0 Å². The second-order valence-corrected chi connectivity index (χ2v) is 4.76. The van der Waals surface area contributed by atoms with Gasteiger partial charge in [0.2, 0.25) is 0 Å². The maximum atomic E-state index is 10.9. The van der Waals surface area contributed by atoms with E-state index in [9.17, 15) is 4.79 Å². The molecule has 1 rings (SSSR count). The predicted octanol–water partition coefficient (Wildman–Crippen LogP) is 3.61. The van der Waals surface area contributed by atoms with E-state index in [1.807, 2.05) is 12.1 Å². The fourth-order valence-corrected chi connectivity index (χ4v) is 2.08. The van der Waals surface area contributed by atoms with Crippen molar-refractivity contribution in [2.24, 2.45) is 5.92 Å². The molecule has 1 nitrogen and oxygen atoms in total. The molecular weight excluding hydrogens is 240 g/mol. The average Bonchev–Trinajstić information content (AvgIpc) is 2.01. The fraction of sp³-hybridized carbons (Fsp3) is 0.417. The smallest absolute Gasteiger partial charge is 0.130 e. The van der Waals surface area contributed by atoms with E-state index < -0.39 is 0 Å². The standard InChI is InChI=1S/C12H15BrO/c1-9(6-10(2)14)7-11-4-3-5-12(13)8-11/h3-5,8-9H,6-7H2,1-2H3. The van der Waals surface area contributed by atoms with Crippen molar-refractivity contribution in [2.45, 2.75) is 26.7 Å². The molecule has 0 aliphatic carbocycles. The van der Waals surface area contributed by atoms with Crippen LogP contribution in [0.2, 0.25) is 0 Å². The first-order valence-electron chi connectivity index (χ1n) is 4.82.